The van der Waals surface area contributed by atoms with Crippen LogP contribution in [-0.4, -0.2) is 17.0 Å². The molecular formula is C16H20IN3. The average molecular weight is 381 g/mol. The predicted octanol–water partition coefficient (Wildman–Crippen LogP) is 4.48. The van der Waals surface area contributed by atoms with Crippen molar-refractivity contribution in [3.05, 3.63) is 39.1 Å². The van der Waals surface area contributed by atoms with Crippen molar-refractivity contribution < 1.29 is 0 Å². The van der Waals surface area contributed by atoms with Crippen molar-refractivity contribution in [2.45, 2.75) is 33.1 Å². The van der Waals surface area contributed by atoms with Crippen molar-refractivity contribution in [1.82, 2.24) is 9.97 Å². The van der Waals surface area contributed by atoms with E-state index in [1.807, 2.05) is 7.05 Å². The molecular weight excluding hydrogens is 361 g/mol. The zero-order valence-electron chi connectivity index (χ0n) is 12.4. The van der Waals surface area contributed by atoms with E-state index in [1.165, 1.54) is 5.56 Å². The van der Waals surface area contributed by atoms with Crippen LogP contribution in [0.5, 0.6) is 0 Å². The molecule has 1 heterocycles. The summed E-state index contributed by atoms with van der Waals surface area (Å²) in [5, 5.41) is 3.16. The van der Waals surface area contributed by atoms with Gasteiger partial charge in [-0.3, -0.25) is 0 Å². The summed E-state index contributed by atoms with van der Waals surface area (Å²) in [6.07, 6.45) is 1.05. The van der Waals surface area contributed by atoms with Gasteiger partial charge < -0.3 is 5.32 Å². The molecule has 1 aromatic heterocycles. The Morgan fingerprint density at radius 2 is 1.80 bits per heavy atom. The zero-order chi connectivity index (χ0) is 14.7. The fourth-order valence-corrected chi connectivity index (χ4v) is 3.16. The van der Waals surface area contributed by atoms with Gasteiger partial charge in [0.25, 0.3) is 0 Å². The van der Waals surface area contributed by atoms with E-state index in [0.29, 0.717) is 5.92 Å². The highest BCUT2D eigenvalue weighted by atomic mass is 127. The minimum absolute atomic E-state index is 0.380. The zero-order valence-corrected chi connectivity index (χ0v) is 14.5. The first kappa shape index (κ1) is 15.2. The second kappa shape index (κ2) is 6.52. The molecule has 106 valence electrons. The molecule has 0 spiro atoms. The Labute approximate surface area is 134 Å². The molecule has 0 radical (unpaired) electrons. The van der Waals surface area contributed by atoms with E-state index < -0.39 is 0 Å². The maximum atomic E-state index is 4.75. The molecule has 4 heteroatoms. The van der Waals surface area contributed by atoms with Crippen LogP contribution in [-0.2, 0) is 6.42 Å². The van der Waals surface area contributed by atoms with Gasteiger partial charge in [-0.2, -0.15) is 0 Å². The Balaban J connectivity index is 2.52. The fourth-order valence-electron chi connectivity index (χ4n) is 2.03. The SMILES string of the molecule is CCc1ccc(-c2nc(NC)c(I)c(C(C)C)n2)cc1. The van der Waals surface area contributed by atoms with Crippen LogP contribution in [0.3, 0.4) is 0 Å². The van der Waals surface area contributed by atoms with E-state index in [1.54, 1.807) is 0 Å². The van der Waals surface area contributed by atoms with Crippen LogP contribution in [0.25, 0.3) is 11.4 Å². The molecule has 0 aliphatic rings. The van der Waals surface area contributed by atoms with Gasteiger partial charge in [-0.25, -0.2) is 9.97 Å². The summed E-state index contributed by atoms with van der Waals surface area (Å²) in [7, 11) is 1.90. The monoisotopic (exact) mass is 381 g/mol. The van der Waals surface area contributed by atoms with Crippen molar-refractivity contribution in [3.63, 3.8) is 0 Å². The van der Waals surface area contributed by atoms with Crippen LogP contribution in [0.2, 0.25) is 0 Å². The largest absolute Gasteiger partial charge is 0.372 e. The Morgan fingerprint density at radius 1 is 1.15 bits per heavy atom. The lowest BCUT2D eigenvalue weighted by Crippen LogP contribution is -2.06. The van der Waals surface area contributed by atoms with Crippen LogP contribution in [0.1, 0.15) is 37.9 Å². The van der Waals surface area contributed by atoms with Crippen molar-refractivity contribution >= 4 is 28.4 Å². The van der Waals surface area contributed by atoms with E-state index in [2.05, 4.69) is 77.9 Å². The summed E-state index contributed by atoms with van der Waals surface area (Å²) in [6.45, 7) is 6.48. The molecule has 0 unspecified atom stereocenters. The number of aryl methyl sites for hydroxylation is 1. The van der Waals surface area contributed by atoms with Gasteiger partial charge in [0.05, 0.1) is 9.26 Å². The Hall–Kier alpha value is -1.17. The second-order valence-electron chi connectivity index (χ2n) is 5.05. The number of hydrogen-bond donors (Lipinski definition) is 1. The van der Waals surface area contributed by atoms with Gasteiger partial charge in [-0.1, -0.05) is 45.0 Å². The number of anilines is 1. The van der Waals surface area contributed by atoms with E-state index >= 15 is 0 Å². The highest BCUT2D eigenvalue weighted by molar-refractivity contribution is 14.1. The summed E-state index contributed by atoms with van der Waals surface area (Å²) in [5.74, 6) is 2.07. The van der Waals surface area contributed by atoms with Gasteiger partial charge in [-0.15, -0.1) is 0 Å². The third-order valence-corrected chi connectivity index (χ3v) is 4.34. The smallest absolute Gasteiger partial charge is 0.161 e. The van der Waals surface area contributed by atoms with Crippen LogP contribution >= 0.6 is 22.6 Å². The fraction of sp³-hybridized carbons (Fsp3) is 0.375. The standard InChI is InChI=1S/C16H20IN3/c1-5-11-6-8-12(9-7-11)15-19-14(10(2)3)13(17)16(18-4)20-15/h6-10H,5H2,1-4H3,(H,18,19,20). The second-order valence-corrected chi connectivity index (χ2v) is 6.13. The lowest BCUT2D eigenvalue weighted by atomic mass is 10.1. The molecule has 20 heavy (non-hydrogen) atoms. The lowest BCUT2D eigenvalue weighted by molar-refractivity contribution is 0.809. The first-order valence-corrected chi connectivity index (χ1v) is 7.99. The molecule has 2 aromatic rings. The van der Waals surface area contributed by atoms with E-state index in [4.69, 9.17) is 4.98 Å². The van der Waals surface area contributed by atoms with Crippen LogP contribution in [0.4, 0.5) is 5.82 Å². The summed E-state index contributed by atoms with van der Waals surface area (Å²) in [5.41, 5.74) is 3.49. The number of benzene rings is 1. The van der Waals surface area contributed by atoms with Crippen LogP contribution < -0.4 is 5.32 Å². The van der Waals surface area contributed by atoms with Crippen molar-refractivity contribution in [2.24, 2.45) is 0 Å². The van der Waals surface area contributed by atoms with Crippen LogP contribution in [0.15, 0.2) is 24.3 Å². The van der Waals surface area contributed by atoms with E-state index in [9.17, 15) is 0 Å². The highest BCUT2D eigenvalue weighted by Gasteiger charge is 2.15. The maximum absolute atomic E-state index is 4.75. The Bertz CT molecular complexity index is 591. The molecule has 0 aliphatic heterocycles. The third-order valence-electron chi connectivity index (χ3n) is 3.28. The minimum atomic E-state index is 0.380. The molecule has 3 nitrogen and oxygen atoms in total. The van der Waals surface area contributed by atoms with Crippen LogP contribution in [0, 0.1) is 3.57 Å². The van der Waals surface area contributed by atoms with Gasteiger partial charge in [0, 0.05) is 12.6 Å². The predicted molar refractivity (Wildman–Crippen MR) is 93.2 cm³/mol. The maximum Gasteiger partial charge on any atom is 0.161 e. The molecule has 0 amide bonds. The topological polar surface area (TPSA) is 37.8 Å². The van der Waals surface area contributed by atoms with E-state index in [0.717, 1.165) is 32.9 Å². The summed E-state index contributed by atoms with van der Waals surface area (Å²) >= 11 is 2.32. The average Bonchev–Trinajstić information content (AvgIpc) is 2.47. The molecule has 0 bridgehead atoms. The molecule has 0 atom stereocenters. The van der Waals surface area contributed by atoms with Gasteiger partial charge in [0.1, 0.15) is 5.82 Å². The first-order valence-electron chi connectivity index (χ1n) is 6.91. The van der Waals surface area contributed by atoms with Gasteiger partial charge in [0.2, 0.25) is 0 Å². The molecule has 0 fully saturated rings. The lowest BCUT2D eigenvalue weighted by Gasteiger charge is -2.13. The normalized spacial score (nSPS) is 10.9. The van der Waals surface area contributed by atoms with Gasteiger partial charge >= 0.3 is 0 Å². The van der Waals surface area contributed by atoms with Crippen molar-refractivity contribution in [1.29, 1.82) is 0 Å². The molecule has 1 N–H and O–H groups in total. The Kier molecular flexibility index (Phi) is 4.96. The molecule has 0 saturated carbocycles. The molecule has 1 aromatic carbocycles. The summed E-state index contributed by atoms with van der Waals surface area (Å²) in [6, 6.07) is 8.49. The first-order chi connectivity index (χ1) is 9.56. The number of aromatic nitrogens is 2. The number of nitrogens with zero attached hydrogens (tertiary/aromatic N) is 2. The summed E-state index contributed by atoms with van der Waals surface area (Å²) in [4.78, 5) is 9.38. The number of halogens is 1. The molecule has 0 aliphatic carbocycles. The van der Waals surface area contributed by atoms with Gasteiger partial charge in [0.15, 0.2) is 5.82 Å². The summed E-state index contributed by atoms with van der Waals surface area (Å²) < 4.78 is 1.11. The number of nitrogens with one attached hydrogen (secondary N) is 1. The minimum Gasteiger partial charge on any atom is -0.372 e. The quantitative estimate of drug-likeness (QED) is 0.794. The Morgan fingerprint density at radius 3 is 2.30 bits per heavy atom. The van der Waals surface area contributed by atoms with Gasteiger partial charge in [-0.05, 0) is 40.5 Å². The number of hydrogen-bond acceptors (Lipinski definition) is 3. The molecule has 0 saturated heterocycles. The highest BCUT2D eigenvalue weighted by Crippen LogP contribution is 2.28. The van der Waals surface area contributed by atoms with E-state index in [-0.39, 0.29) is 0 Å². The van der Waals surface area contributed by atoms with Crippen molar-refractivity contribution in [3.8, 4) is 11.4 Å². The van der Waals surface area contributed by atoms with Crippen molar-refractivity contribution in [2.75, 3.05) is 12.4 Å². The number of rotatable bonds is 4. The third kappa shape index (κ3) is 3.11. The molecule has 2 rings (SSSR count).